The zero-order chi connectivity index (χ0) is 43.6. The summed E-state index contributed by atoms with van der Waals surface area (Å²) in [6.45, 7) is 37.0. The zero-order valence-electron chi connectivity index (χ0n) is 39.0. The van der Waals surface area contributed by atoms with E-state index in [0.717, 1.165) is 16.5 Å². The fourth-order valence-corrected chi connectivity index (χ4v) is 7.06. The molecule has 2 aliphatic rings. The summed E-state index contributed by atoms with van der Waals surface area (Å²) in [5.74, 6) is 0.587. The van der Waals surface area contributed by atoms with Gasteiger partial charge in [0.2, 0.25) is 0 Å². The molecule has 4 aromatic rings. The van der Waals surface area contributed by atoms with E-state index in [1.807, 2.05) is 0 Å². The molecule has 1 unspecified atom stereocenters. The second-order valence-electron chi connectivity index (χ2n) is 20.2. The van der Waals surface area contributed by atoms with E-state index in [9.17, 15) is 0 Å². The monoisotopic (exact) mass is 950 g/mol. The van der Waals surface area contributed by atoms with Crippen LogP contribution in [-0.4, -0.2) is 4.21 Å². The SMILES string of the molecule is CC(C)(C)c1[c-]c2c(cc1C(C)(C)C)-c1cc(C(C)(C)C)c(C(C)(C)C)cc1C2.CCCC1[C-]=CC(C(C)(C)C)=C1.Cl.Cl.Clc1cc[c-]cc1.Clc1cc[c-]cc1.[CH2]=[Zr]. The first kappa shape index (κ1) is 57.3. The molecular formula is C54H72Cl4Zr-4. The van der Waals surface area contributed by atoms with Crippen LogP contribution in [0.1, 0.15) is 157 Å². The van der Waals surface area contributed by atoms with Crippen LogP contribution in [0.5, 0.6) is 0 Å². The second kappa shape index (κ2) is 24.2. The van der Waals surface area contributed by atoms with Gasteiger partial charge in [-0.15, -0.1) is 64.7 Å². The van der Waals surface area contributed by atoms with Crippen molar-refractivity contribution in [2.45, 2.75) is 152 Å². The number of hydrogen-bond acceptors (Lipinski definition) is 0. The molecule has 0 nitrogen and oxygen atoms in total. The van der Waals surface area contributed by atoms with Crippen molar-refractivity contribution in [1.82, 2.24) is 0 Å². The van der Waals surface area contributed by atoms with E-state index in [2.05, 4.69) is 170 Å². The fraction of sp³-hybridized carbons (Fsp3) is 0.463. The van der Waals surface area contributed by atoms with E-state index in [0.29, 0.717) is 11.3 Å². The predicted molar refractivity (Wildman–Crippen MR) is 264 cm³/mol. The van der Waals surface area contributed by atoms with Crippen molar-refractivity contribution in [3.05, 3.63) is 152 Å². The number of fused-ring (bicyclic) bond motifs is 3. The molecule has 5 heteroatoms. The molecule has 0 saturated heterocycles. The average molecular weight is 954 g/mol. The van der Waals surface area contributed by atoms with Gasteiger partial charge < -0.3 is 0 Å². The third-order valence-corrected chi connectivity index (χ3v) is 10.4. The van der Waals surface area contributed by atoms with Gasteiger partial charge in [-0.2, -0.15) is 90.0 Å². The topological polar surface area (TPSA) is 0 Å². The van der Waals surface area contributed by atoms with Crippen molar-refractivity contribution in [2.75, 3.05) is 0 Å². The molecule has 1 atom stereocenters. The Balaban J connectivity index is 0.000000914. The standard InChI is InChI=1S/C29H41.C12H19.2C6H4Cl.CH2.2ClH.Zr/c1-26(2,3)22-14-18-13-19-15-23(27(4,5)6)25(29(10,11)12)17-21(19)20(18)16-24(22)28(7,8)9;1-5-6-10-7-8-11(9-10)12(2,3)4;2*7-6-4-2-1-3-5-6;;;;/h14,16-17H,13H2,1-12H3;8-10H,5-6H2,1-4H3;2*2-5H;1H2;2*1H;/q4*-1;;;;. The van der Waals surface area contributed by atoms with E-state index < -0.39 is 0 Å². The van der Waals surface area contributed by atoms with Crippen LogP contribution in [0.25, 0.3) is 11.1 Å². The zero-order valence-corrected chi connectivity index (χ0v) is 44.6. The van der Waals surface area contributed by atoms with E-state index in [1.165, 1.54) is 87.2 Å². The average Bonchev–Trinajstić information content (AvgIpc) is 3.73. The van der Waals surface area contributed by atoms with Crippen molar-refractivity contribution >= 4 is 52.2 Å². The van der Waals surface area contributed by atoms with Crippen molar-refractivity contribution in [3.63, 3.8) is 0 Å². The molecule has 0 heterocycles. The van der Waals surface area contributed by atoms with Crippen LogP contribution in [0.3, 0.4) is 0 Å². The summed E-state index contributed by atoms with van der Waals surface area (Å²) in [6.07, 6.45) is 11.4. The van der Waals surface area contributed by atoms with Crippen LogP contribution in [-0.2, 0) is 52.3 Å². The maximum absolute atomic E-state index is 5.52. The number of hydrogen-bond donors (Lipinski definition) is 0. The molecule has 0 fully saturated rings. The van der Waals surface area contributed by atoms with Gasteiger partial charge in [-0.25, -0.2) is 6.08 Å². The molecule has 2 aliphatic carbocycles. The van der Waals surface area contributed by atoms with Gasteiger partial charge in [0, 0.05) is 0 Å². The summed E-state index contributed by atoms with van der Waals surface area (Å²) >= 11 is 12.3. The van der Waals surface area contributed by atoms with Gasteiger partial charge >= 0.3 is 28.4 Å². The fourth-order valence-electron chi connectivity index (χ4n) is 6.81. The third-order valence-electron chi connectivity index (χ3n) is 9.89. The number of benzene rings is 4. The van der Waals surface area contributed by atoms with E-state index in [4.69, 9.17) is 23.2 Å². The van der Waals surface area contributed by atoms with Crippen LogP contribution in [0.4, 0.5) is 0 Å². The summed E-state index contributed by atoms with van der Waals surface area (Å²) in [7, 11) is 0. The van der Waals surface area contributed by atoms with E-state index in [-0.39, 0.29) is 46.5 Å². The molecule has 324 valence electrons. The van der Waals surface area contributed by atoms with Gasteiger partial charge in [-0.3, -0.25) is 6.08 Å². The van der Waals surface area contributed by atoms with Crippen LogP contribution in [0, 0.1) is 35.6 Å². The molecule has 0 amide bonds. The Morgan fingerprint density at radius 3 is 1.37 bits per heavy atom. The molecule has 59 heavy (non-hydrogen) atoms. The molecular weight excluding hydrogens is 882 g/mol. The summed E-state index contributed by atoms with van der Waals surface area (Å²) in [5, 5.41) is 1.53. The Kier molecular flexibility index (Phi) is 23.5. The molecule has 6 rings (SSSR count). The maximum atomic E-state index is 5.52. The Bertz CT molecular complexity index is 1800. The second-order valence-corrected chi connectivity index (χ2v) is 21.1. The van der Waals surface area contributed by atoms with Crippen LogP contribution in [0.15, 0.2) is 84.5 Å². The Morgan fingerprint density at radius 2 is 1.03 bits per heavy atom. The van der Waals surface area contributed by atoms with Gasteiger partial charge in [-0.1, -0.05) is 168 Å². The quantitative estimate of drug-likeness (QED) is 0.155. The van der Waals surface area contributed by atoms with Crippen LogP contribution >= 0.6 is 48.0 Å². The van der Waals surface area contributed by atoms with Crippen LogP contribution < -0.4 is 0 Å². The van der Waals surface area contributed by atoms with Gasteiger partial charge in [0.05, 0.1) is 0 Å². The van der Waals surface area contributed by atoms with Crippen LogP contribution in [0.2, 0.25) is 10.0 Å². The van der Waals surface area contributed by atoms with Gasteiger partial charge in [0.1, 0.15) is 0 Å². The Hall–Kier alpha value is -1.73. The normalized spacial score (nSPS) is 14.1. The number of rotatable bonds is 2. The van der Waals surface area contributed by atoms with Crippen molar-refractivity contribution < 1.29 is 24.2 Å². The molecule has 4 aromatic carbocycles. The molecule has 0 saturated carbocycles. The number of allylic oxidation sites excluding steroid dienone is 4. The molecule has 0 aliphatic heterocycles. The molecule has 0 N–H and O–H groups in total. The third kappa shape index (κ3) is 17.9. The molecule has 0 radical (unpaired) electrons. The summed E-state index contributed by atoms with van der Waals surface area (Å²) < 4.78 is 3.34. The van der Waals surface area contributed by atoms with Crippen molar-refractivity contribution in [3.8, 4) is 11.1 Å². The first-order valence-corrected chi connectivity index (χ1v) is 22.9. The Morgan fingerprint density at radius 1 is 0.610 bits per heavy atom. The predicted octanol–water partition coefficient (Wildman–Crippen LogP) is 17.1. The van der Waals surface area contributed by atoms with E-state index >= 15 is 0 Å². The van der Waals surface area contributed by atoms with Gasteiger partial charge in [0.25, 0.3) is 0 Å². The molecule has 0 spiro atoms. The van der Waals surface area contributed by atoms with E-state index in [1.54, 1.807) is 48.5 Å². The van der Waals surface area contributed by atoms with Gasteiger partial charge in [-0.05, 0) is 39.4 Å². The minimum absolute atomic E-state index is 0. The molecule has 0 aromatic heterocycles. The summed E-state index contributed by atoms with van der Waals surface area (Å²) in [4.78, 5) is 0. The van der Waals surface area contributed by atoms with Gasteiger partial charge in [0.15, 0.2) is 0 Å². The Labute approximate surface area is 399 Å². The first-order chi connectivity index (χ1) is 26.2. The van der Waals surface area contributed by atoms with Crippen molar-refractivity contribution in [2.24, 2.45) is 11.3 Å². The summed E-state index contributed by atoms with van der Waals surface area (Å²) in [6, 6.07) is 31.4. The summed E-state index contributed by atoms with van der Waals surface area (Å²) in [5.41, 5.74) is 13.7. The van der Waals surface area contributed by atoms with Crippen molar-refractivity contribution in [1.29, 1.82) is 0 Å². The first-order valence-electron chi connectivity index (χ1n) is 20.4. The minimum atomic E-state index is 0. The molecule has 0 bridgehead atoms. The number of halogens is 4.